The highest BCUT2D eigenvalue weighted by Crippen LogP contribution is 2.33. The molecule has 21 heavy (non-hydrogen) atoms. The summed E-state index contributed by atoms with van der Waals surface area (Å²) in [7, 11) is 0. The first-order chi connectivity index (χ1) is 10.2. The molecule has 0 saturated carbocycles. The van der Waals surface area contributed by atoms with E-state index in [9.17, 15) is 0 Å². The molecule has 5 heteroatoms. The van der Waals surface area contributed by atoms with E-state index in [2.05, 4.69) is 51.0 Å². The Morgan fingerprint density at radius 2 is 1.95 bits per heavy atom. The first kappa shape index (κ1) is 12.3. The van der Waals surface area contributed by atoms with Crippen LogP contribution in [0.5, 0.6) is 0 Å². The molecule has 0 amide bonds. The van der Waals surface area contributed by atoms with Gasteiger partial charge in [0.25, 0.3) is 0 Å². The lowest BCUT2D eigenvalue weighted by atomic mass is 9.96. The van der Waals surface area contributed by atoms with Crippen molar-refractivity contribution in [2.45, 2.75) is 19.8 Å². The molecule has 2 aromatic heterocycles. The van der Waals surface area contributed by atoms with Crippen molar-refractivity contribution >= 4 is 16.7 Å². The predicted octanol–water partition coefficient (Wildman–Crippen LogP) is 2.57. The minimum atomic E-state index is 0.518. The lowest BCUT2D eigenvalue weighted by Crippen LogP contribution is -2.45. The van der Waals surface area contributed by atoms with Crippen molar-refractivity contribution in [3.05, 3.63) is 47.5 Å². The number of H-pyrrole nitrogens is 1. The van der Waals surface area contributed by atoms with E-state index in [0.29, 0.717) is 5.92 Å². The van der Waals surface area contributed by atoms with Crippen molar-refractivity contribution in [3.63, 3.8) is 0 Å². The van der Waals surface area contributed by atoms with Crippen LogP contribution in [-0.2, 0) is 0 Å². The van der Waals surface area contributed by atoms with E-state index in [1.165, 1.54) is 16.8 Å². The lowest BCUT2D eigenvalue weighted by Gasteiger charge is -2.40. The average Bonchev–Trinajstić information content (AvgIpc) is 2.93. The Labute approximate surface area is 123 Å². The van der Waals surface area contributed by atoms with Crippen LogP contribution >= 0.6 is 0 Å². The second-order valence-corrected chi connectivity index (χ2v) is 5.76. The summed E-state index contributed by atoms with van der Waals surface area (Å²) >= 11 is 0. The second-order valence-electron chi connectivity index (χ2n) is 5.76. The number of rotatable bonds is 2. The van der Waals surface area contributed by atoms with Gasteiger partial charge < -0.3 is 4.90 Å². The van der Waals surface area contributed by atoms with Crippen molar-refractivity contribution < 1.29 is 0 Å². The molecule has 1 aliphatic rings. The quantitative estimate of drug-likeness (QED) is 0.783. The van der Waals surface area contributed by atoms with Gasteiger partial charge in [0.05, 0.1) is 5.52 Å². The Kier molecular flexibility index (Phi) is 2.67. The monoisotopic (exact) mass is 279 g/mol. The summed E-state index contributed by atoms with van der Waals surface area (Å²) < 4.78 is 0. The molecule has 1 aromatic carbocycles. The first-order valence-corrected chi connectivity index (χ1v) is 7.18. The summed E-state index contributed by atoms with van der Waals surface area (Å²) in [4.78, 5) is 11.2. The SMILES string of the molecule is Cc1cc2ncnc(N3CC(c4ccn[nH]4)C3)c2cc1C. The maximum Gasteiger partial charge on any atom is 0.139 e. The number of fused-ring (bicyclic) bond motifs is 1. The van der Waals surface area contributed by atoms with Crippen LogP contribution in [-0.4, -0.2) is 33.3 Å². The van der Waals surface area contributed by atoms with E-state index in [1.54, 1.807) is 6.33 Å². The first-order valence-electron chi connectivity index (χ1n) is 7.18. The van der Waals surface area contributed by atoms with Crippen LogP contribution < -0.4 is 4.90 Å². The Balaban J connectivity index is 1.67. The smallest absolute Gasteiger partial charge is 0.139 e. The zero-order valence-corrected chi connectivity index (χ0v) is 12.2. The Hall–Kier alpha value is -2.43. The van der Waals surface area contributed by atoms with Gasteiger partial charge in [-0.2, -0.15) is 5.10 Å². The van der Waals surface area contributed by atoms with Gasteiger partial charge in [0.15, 0.2) is 0 Å². The summed E-state index contributed by atoms with van der Waals surface area (Å²) in [6, 6.07) is 6.39. The van der Waals surface area contributed by atoms with Gasteiger partial charge in [-0.25, -0.2) is 9.97 Å². The van der Waals surface area contributed by atoms with Crippen LogP contribution in [0.25, 0.3) is 10.9 Å². The Bertz CT molecular complexity index is 788. The van der Waals surface area contributed by atoms with Crippen LogP contribution in [0.2, 0.25) is 0 Å². The maximum absolute atomic E-state index is 4.50. The van der Waals surface area contributed by atoms with Gasteiger partial charge in [-0.15, -0.1) is 0 Å². The minimum absolute atomic E-state index is 0.518. The van der Waals surface area contributed by atoms with Gasteiger partial charge in [-0.05, 0) is 43.2 Å². The van der Waals surface area contributed by atoms with Gasteiger partial charge in [0.2, 0.25) is 0 Å². The van der Waals surface area contributed by atoms with Crippen molar-refractivity contribution in [1.82, 2.24) is 20.2 Å². The maximum atomic E-state index is 4.50. The fourth-order valence-corrected chi connectivity index (χ4v) is 2.90. The molecule has 0 unspecified atom stereocenters. The molecule has 1 aliphatic heterocycles. The zero-order valence-electron chi connectivity index (χ0n) is 12.2. The molecule has 0 bridgehead atoms. The van der Waals surface area contributed by atoms with Gasteiger partial charge in [-0.3, -0.25) is 5.10 Å². The Morgan fingerprint density at radius 1 is 1.14 bits per heavy atom. The van der Waals surface area contributed by atoms with E-state index in [4.69, 9.17) is 0 Å². The summed E-state index contributed by atoms with van der Waals surface area (Å²) in [6.07, 6.45) is 3.47. The summed E-state index contributed by atoms with van der Waals surface area (Å²) in [5, 5.41) is 8.22. The molecule has 0 radical (unpaired) electrons. The molecule has 3 aromatic rings. The molecular weight excluding hydrogens is 262 g/mol. The molecule has 0 spiro atoms. The fraction of sp³-hybridized carbons (Fsp3) is 0.312. The highest BCUT2D eigenvalue weighted by Gasteiger charge is 2.31. The molecule has 106 valence electrons. The zero-order chi connectivity index (χ0) is 14.4. The highest BCUT2D eigenvalue weighted by atomic mass is 15.3. The molecule has 3 heterocycles. The molecule has 0 aliphatic carbocycles. The summed E-state index contributed by atoms with van der Waals surface area (Å²) in [5.41, 5.74) is 4.78. The number of hydrogen-bond acceptors (Lipinski definition) is 4. The number of aromatic nitrogens is 4. The third kappa shape index (κ3) is 1.96. The molecule has 0 atom stereocenters. The molecule has 4 rings (SSSR count). The van der Waals surface area contributed by atoms with Crippen LogP contribution in [0.1, 0.15) is 22.7 Å². The standard InChI is InChI=1S/C16H17N5/c1-10-5-13-15(6-11(10)2)17-9-18-16(13)21-7-12(8-21)14-3-4-19-20-14/h3-6,9,12H,7-8H2,1-2H3,(H,19,20). The Morgan fingerprint density at radius 3 is 2.71 bits per heavy atom. The van der Waals surface area contributed by atoms with Gasteiger partial charge in [-0.1, -0.05) is 0 Å². The number of benzene rings is 1. The van der Waals surface area contributed by atoms with Crippen molar-refractivity contribution in [1.29, 1.82) is 0 Å². The summed E-state index contributed by atoms with van der Waals surface area (Å²) in [6.45, 7) is 6.20. The van der Waals surface area contributed by atoms with Crippen molar-refractivity contribution in [2.24, 2.45) is 0 Å². The number of aromatic amines is 1. The number of nitrogens with zero attached hydrogens (tertiary/aromatic N) is 4. The minimum Gasteiger partial charge on any atom is -0.355 e. The number of aryl methyl sites for hydroxylation is 2. The highest BCUT2D eigenvalue weighted by molar-refractivity contribution is 5.90. The van der Waals surface area contributed by atoms with E-state index >= 15 is 0 Å². The molecule has 1 N–H and O–H groups in total. The van der Waals surface area contributed by atoms with E-state index in [-0.39, 0.29) is 0 Å². The normalized spacial score (nSPS) is 15.4. The van der Waals surface area contributed by atoms with Crippen LogP contribution in [0, 0.1) is 13.8 Å². The number of anilines is 1. The van der Waals surface area contributed by atoms with E-state index in [1.807, 2.05) is 12.3 Å². The third-order valence-electron chi connectivity index (χ3n) is 4.37. The van der Waals surface area contributed by atoms with Gasteiger partial charge in [0, 0.05) is 36.3 Å². The molecule has 1 saturated heterocycles. The van der Waals surface area contributed by atoms with Crippen LogP contribution in [0.15, 0.2) is 30.7 Å². The predicted molar refractivity (Wildman–Crippen MR) is 82.6 cm³/mol. The topological polar surface area (TPSA) is 57.7 Å². The molecular formula is C16H17N5. The molecule has 5 nitrogen and oxygen atoms in total. The second kappa shape index (κ2) is 4.55. The molecule has 1 fully saturated rings. The van der Waals surface area contributed by atoms with E-state index in [0.717, 1.165) is 29.8 Å². The fourth-order valence-electron chi connectivity index (χ4n) is 2.90. The third-order valence-corrected chi connectivity index (χ3v) is 4.37. The number of hydrogen-bond donors (Lipinski definition) is 1. The van der Waals surface area contributed by atoms with Crippen LogP contribution in [0.4, 0.5) is 5.82 Å². The average molecular weight is 279 g/mol. The van der Waals surface area contributed by atoms with Gasteiger partial charge in [0.1, 0.15) is 12.1 Å². The largest absolute Gasteiger partial charge is 0.355 e. The summed E-state index contributed by atoms with van der Waals surface area (Å²) in [5.74, 6) is 1.56. The van der Waals surface area contributed by atoms with Crippen LogP contribution in [0.3, 0.4) is 0 Å². The van der Waals surface area contributed by atoms with Gasteiger partial charge >= 0.3 is 0 Å². The van der Waals surface area contributed by atoms with Crippen molar-refractivity contribution in [2.75, 3.05) is 18.0 Å². The van der Waals surface area contributed by atoms with E-state index < -0.39 is 0 Å². The lowest BCUT2D eigenvalue weighted by molar-refractivity contribution is 0.509. The van der Waals surface area contributed by atoms with Crippen molar-refractivity contribution in [3.8, 4) is 0 Å². The number of nitrogens with one attached hydrogen (secondary N) is 1.